The summed E-state index contributed by atoms with van der Waals surface area (Å²) >= 11 is 0. The number of benzene rings is 2. The van der Waals surface area contributed by atoms with E-state index in [1.54, 1.807) is 18.3 Å². The zero-order chi connectivity index (χ0) is 20.6. The molecule has 0 aliphatic rings. The van der Waals surface area contributed by atoms with E-state index in [0.29, 0.717) is 17.7 Å². The van der Waals surface area contributed by atoms with Gasteiger partial charge in [0.25, 0.3) is 5.91 Å². The van der Waals surface area contributed by atoms with E-state index >= 15 is 0 Å². The Morgan fingerprint density at radius 2 is 2.07 bits per heavy atom. The number of amides is 1. The van der Waals surface area contributed by atoms with Gasteiger partial charge in [-0.2, -0.15) is 0 Å². The molecule has 1 radical (unpaired) electrons. The quantitative estimate of drug-likeness (QED) is 0.639. The van der Waals surface area contributed by atoms with Crippen LogP contribution in [0.25, 0.3) is 5.69 Å². The number of hydrogen-bond donors (Lipinski definition) is 2. The smallest absolute Gasteiger partial charge is 0.255 e. The molecule has 0 atom stereocenters. The molecule has 0 aliphatic carbocycles. The van der Waals surface area contributed by atoms with Crippen LogP contribution >= 0.6 is 0 Å². The van der Waals surface area contributed by atoms with Gasteiger partial charge >= 0.3 is 0 Å². The largest absolute Gasteiger partial charge is 0.326 e. The number of anilines is 1. The molecule has 0 saturated carbocycles. The number of carbonyl (C=O) groups excluding carboxylic acids is 1. The van der Waals surface area contributed by atoms with Crippen LogP contribution in [0.1, 0.15) is 28.2 Å². The van der Waals surface area contributed by atoms with Crippen molar-refractivity contribution in [2.24, 2.45) is 5.73 Å². The number of rotatable bonds is 6. The SMILES string of the molecule is CN(C)Cc1nccn1-c1cccc(NC(=O)c2cccc(C#CC[CH]N)c2)c1. The number of nitrogens with two attached hydrogens (primary N) is 1. The van der Waals surface area contributed by atoms with Crippen LogP contribution in [0.5, 0.6) is 0 Å². The second kappa shape index (κ2) is 9.69. The van der Waals surface area contributed by atoms with E-state index < -0.39 is 0 Å². The zero-order valence-corrected chi connectivity index (χ0v) is 16.6. The van der Waals surface area contributed by atoms with Crippen molar-refractivity contribution in [3.63, 3.8) is 0 Å². The van der Waals surface area contributed by atoms with Gasteiger partial charge in [0.1, 0.15) is 5.82 Å². The summed E-state index contributed by atoms with van der Waals surface area (Å²) in [5, 5.41) is 2.96. The molecule has 6 heteroatoms. The fourth-order valence-corrected chi connectivity index (χ4v) is 2.86. The minimum Gasteiger partial charge on any atom is -0.326 e. The highest BCUT2D eigenvalue weighted by Crippen LogP contribution is 2.18. The van der Waals surface area contributed by atoms with Crippen LogP contribution in [0.2, 0.25) is 0 Å². The predicted molar refractivity (Wildman–Crippen MR) is 115 cm³/mol. The number of carbonyl (C=O) groups is 1. The first kappa shape index (κ1) is 20.3. The summed E-state index contributed by atoms with van der Waals surface area (Å²) in [6.07, 6.45) is 4.20. The Kier molecular flexibility index (Phi) is 6.80. The summed E-state index contributed by atoms with van der Waals surface area (Å²) in [5.41, 5.74) is 8.32. The average Bonchev–Trinajstić information content (AvgIpc) is 3.16. The second-order valence-electron chi connectivity index (χ2n) is 6.78. The van der Waals surface area contributed by atoms with Gasteiger partial charge in [-0.15, -0.1) is 0 Å². The van der Waals surface area contributed by atoms with E-state index in [-0.39, 0.29) is 5.91 Å². The zero-order valence-electron chi connectivity index (χ0n) is 16.6. The maximum Gasteiger partial charge on any atom is 0.255 e. The van der Waals surface area contributed by atoms with Gasteiger partial charge in [-0.05, 0) is 50.5 Å². The molecule has 3 N–H and O–H groups in total. The van der Waals surface area contributed by atoms with Gasteiger partial charge in [-0.25, -0.2) is 4.98 Å². The minimum absolute atomic E-state index is 0.185. The van der Waals surface area contributed by atoms with Gasteiger partial charge in [-0.1, -0.05) is 24.0 Å². The maximum absolute atomic E-state index is 12.7. The summed E-state index contributed by atoms with van der Waals surface area (Å²) in [7, 11) is 4.00. The van der Waals surface area contributed by atoms with E-state index in [2.05, 4.69) is 27.0 Å². The van der Waals surface area contributed by atoms with Crippen molar-refractivity contribution >= 4 is 11.6 Å². The molecule has 0 unspecified atom stereocenters. The molecule has 0 fully saturated rings. The molecule has 6 nitrogen and oxygen atoms in total. The van der Waals surface area contributed by atoms with Crippen LogP contribution in [0, 0.1) is 18.4 Å². The number of nitrogens with one attached hydrogen (secondary N) is 1. The molecular weight excluding hydrogens is 362 g/mol. The van der Waals surface area contributed by atoms with Gasteiger partial charge in [-0.3, -0.25) is 4.79 Å². The third-order valence-corrected chi connectivity index (χ3v) is 4.13. The molecule has 3 rings (SSSR count). The topological polar surface area (TPSA) is 76.2 Å². The Balaban J connectivity index is 1.77. The third-order valence-electron chi connectivity index (χ3n) is 4.13. The molecular formula is C23H24N5O. The van der Waals surface area contributed by atoms with Crippen molar-refractivity contribution in [2.75, 3.05) is 19.4 Å². The summed E-state index contributed by atoms with van der Waals surface area (Å²) in [4.78, 5) is 19.2. The monoisotopic (exact) mass is 386 g/mol. The number of nitrogens with zero attached hydrogens (tertiary/aromatic N) is 3. The highest BCUT2D eigenvalue weighted by atomic mass is 16.1. The Morgan fingerprint density at radius 1 is 1.24 bits per heavy atom. The first-order valence-electron chi connectivity index (χ1n) is 9.28. The lowest BCUT2D eigenvalue weighted by molar-refractivity contribution is 0.102. The van der Waals surface area contributed by atoms with E-state index in [0.717, 1.165) is 23.6 Å². The van der Waals surface area contributed by atoms with Crippen molar-refractivity contribution < 1.29 is 4.79 Å². The first-order chi connectivity index (χ1) is 14.1. The van der Waals surface area contributed by atoms with Crippen molar-refractivity contribution in [3.8, 4) is 17.5 Å². The molecule has 2 aromatic carbocycles. The number of imidazole rings is 1. The molecule has 1 aromatic heterocycles. The second-order valence-corrected chi connectivity index (χ2v) is 6.78. The Morgan fingerprint density at radius 3 is 2.86 bits per heavy atom. The highest BCUT2D eigenvalue weighted by molar-refractivity contribution is 6.04. The van der Waals surface area contributed by atoms with Crippen LogP contribution in [0.15, 0.2) is 60.9 Å². The van der Waals surface area contributed by atoms with Gasteiger partial charge < -0.3 is 20.5 Å². The van der Waals surface area contributed by atoms with Crippen LogP contribution in [-0.4, -0.2) is 34.5 Å². The van der Waals surface area contributed by atoms with Crippen molar-refractivity contribution in [1.29, 1.82) is 0 Å². The van der Waals surface area contributed by atoms with Gasteiger partial charge in [0.2, 0.25) is 0 Å². The molecule has 1 amide bonds. The number of hydrogen-bond acceptors (Lipinski definition) is 4. The fourth-order valence-electron chi connectivity index (χ4n) is 2.86. The van der Waals surface area contributed by atoms with Gasteiger partial charge in [0, 0.05) is 47.9 Å². The normalized spacial score (nSPS) is 10.5. The van der Waals surface area contributed by atoms with E-state index in [1.807, 2.05) is 61.3 Å². The molecule has 29 heavy (non-hydrogen) atoms. The van der Waals surface area contributed by atoms with Gasteiger partial charge in [0.05, 0.1) is 6.54 Å². The van der Waals surface area contributed by atoms with Gasteiger partial charge in [0.15, 0.2) is 0 Å². The van der Waals surface area contributed by atoms with E-state index in [1.165, 1.54) is 6.54 Å². The predicted octanol–water partition coefficient (Wildman–Crippen LogP) is 3.05. The fraction of sp³-hybridized carbons (Fsp3) is 0.174. The molecule has 0 saturated heterocycles. The standard InChI is InChI=1S/C23H24N5O/c1-27(2)17-22-25-13-14-28(22)21-11-6-10-20(16-21)26-23(29)19-9-5-8-18(15-19)7-3-4-12-24/h5-6,8-16H,4,17,24H2,1-2H3,(H,26,29). The number of aromatic nitrogens is 2. The molecule has 1 heterocycles. The first-order valence-corrected chi connectivity index (χ1v) is 9.28. The Labute approximate surface area is 171 Å². The lowest BCUT2D eigenvalue weighted by atomic mass is 10.1. The molecule has 0 aliphatic heterocycles. The van der Waals surface area contributed by atoms with E-state index in [9.17, 15) is 4.79 Å². The average molecular weight is 386 g/mol. The van der Waals surface area contributed by atoms with Crippen molar-refractivity contribution in [2.45, 2.75) is 13.0 Å². The summed E-state index contributed by atoms with van der Waals surface area (Å²) < 4.78 is 2.01. The minimum atomic E-state index is -0.185. The molecule has 0 bridgehead atoms. The van der Waals surface area contributed by atoms with E-state index in [4.69, 9.17) is 5.73 Å². The maximum atomic E-state index is 12.7. The van der Waals surface area contributed by atoms with Crippen molar-refractivity contribution in [1.82, 2.24) is 14.5 Å². The lowest BCUT2D eigenvalue weighted by Crippen LogP contribution is -2.15. The van der Waals surface area contributed by atoms with Crippen LogP contribution in [-0.2, 0) is 6.54 Å². The summed E-state index contributed by atoms with van der Waals surface area (Å²) in [6, 6.07) is 14.9. The Hall–Kier alpha value is -3.40. The van der Waals surface area contributed by atoms with Crippen molar-refractivity contribution in [3.05, 3.63) is 84.4 Å². The summed E-state index contributed by atoms with van der Waals surface area (Å²) in [5.74, 6) is 6.68. The van der Waals surface area contributed by atoms with Crippen LogP contribution in [0.3, 0.4) is 0 Å². The molecule has 3 aromatic rings. The Bertz CT molecular complexity index is 1040. The molecule has 147 valence electrons. The summed E-state index contributed by atoms with van der Waals surface area (Å²) in [6.45, 7) is 2.22. The molecule has 0 spiro atoms. The lowest BCUT2D eigenvalue weighted by Gasteiger charge is -2.13. The van der Waals surface area contributed by atoms with Crippen LogP contribution in [0.4, 0.5) is 5.69 Å². The third kappa shape index (κ3) is 5.55. The van der Waals surface area contributed by atoms with Crippen LogP contribution < -0.4 is 11.1 Å². The highest BCUT2D eigenvalue weighted by Gasteiger charge is 2.09.